The molecule has 1 aliphatic heterocycles. The Morgan fingerprint density at radius 1 is 1.36 bits per heavy atom. The molecule has 0 bridgehead atoms. The van der Waals surface area contributed by atoms with E-state index in [1.807, 2.05) is 30.3 Å². The van der Waals surface area contributed by atoms with Crippen molar-refractivity contribution in [2.45, 2.75) is 33.2 Å². The van der Waals surface area contributed by atoms with Crippen LogP contribution in [-0.4, -0.2) is 57.2 Å². The third-order valence-corrected chi connectivity index (χ3v) is 5.96. The Morgan fingerprint density at radius 3 is 2.64 bits per heavy atom. The highest BCUT2D eigenvalue weighted by Crippen LogP contribution is 2.24. The van der Waals surface area contributed by atoms with E-state index in [-0.39, 0.29) is 5.91 Å². The van der Waals surface area contributed by atoms with Gasteiger partial charge in [-0.15, -0.1) is 11.3 Å². The van der Waals surface area contributed by atoms with Crippen LogP contribution in [0.15, 0.2) is 12.4 Å². The average Bonchev–Trinajstić information content (AvgIpc) is 3.14. The minimum atomic E-state index is 0.0614. The highest BCUT2D eigenvalue weighted by atomic mass is 32.1. The molecular weight excluding hydrogens is 334 g/mol. The Hall–Kier alpha value is -1.73. The number of amides is 1. The SMILES string of the molecule is Cc1nc(C)c(CN2CCC(CN(C)C(=O)c3cnn(C)c3)CC2)s1. The normalized spacial score (nSPS) is 16.3. The number of piperidine rings is 1. The maximum Gasteiger partial charge on any atom is 0.256 e. The van der Waals surface area contributed by atoms with E-state index in [4.69, 9.17) is 0 Å². The minimum Gasteiger partial charge on any atom is -0.341 e. The quantitative estimate of drug-likeness (QED) is 0.821. The lowest BCUT2D eigenvalue weighted by Crippen LogP contribution is -2.39. The zero-order valence-corrected chi connectivity index (χ0v) is 16.3. The number of carbonyl (C=O) groups excluding carboxylic acids is 1. The molecule has 1 aliphatic rings. The largest absolute Gasteiger partial charge is 0.341 e. The van der Waals surface area contributed by atoms with E-state index in [1.165, 1.54) is 10.6 Å². The van der Waals surface area contributed by atoms with E-state index in [1.54, 1.807) is 17.1 Å². The van der Waals surface area contributed by atoms with Crippen LogP contribution in [0.2, 0.25) is 0 Å². The molecule has 6 nitrogen and oxygen atoms in total. The Morgan fingerprint density at radius 2 is 2.08 bits per heavy atom. The first-order valence-electron chi connectivity index (χ1n) is 8.81. The van der Waals surface area contributed by atoms with Crippen LogP contribution < -0.4 is 0 Å². The van der Waals surface area contributed by atoms with Gasteiger partial charge in [-0.1, -0.05) is 0 Å². The molecule has 136 valence electrons. The summed E-state index contributed by atoms with van der Waals surface area (Å²) in [5.74, 6) is 0.637. The van der Waals surface area contributed by atoms with Crippen LogP contribution in [0.5, 0.6) is 0 Å². The molecule has 0 atom stereocenters. The van der Waals surface area contributed by atoms with Crippen molar-refractivity contribution in [2.24, 2.45) is 13.0 Å². The first-order valence-corrected chi connectivity index (χ1v) is 9.63. The number of nitrogens with zero attached hydrogens (tertiary/aromatic N) is 5. The van der Waals surface area contributed by atoms with Gasteiger partial charge in [0.1, 0.15) is 0 Å². The molecule has 1 saturated heterocycles. The smallest absolute Gasteiger partial charge is 0.256 e. The fourth-order valence-electron chi connectivity index (χ4n) is 3.47. The Bertz CT molecular complexity index is 730. The summed E-state index contributed by atoms with van der Waals surface area (Å²) in [7, 11) is 3.73. The van der Waals surface area contributed by atoms with Crippen LogP contribution in [-0.2, 0) is 13.6 Å². The number of carbonyl (C=O) groups is 1. The molecule has 3 rings (SSSR count). The molecule has 1 amide bonds. The second-order valence-corrected chi connectivity index (χ2v) is 8.34. The van der Waals surface area contributed by atoms with Crippen LogP contribution in [0.1, 0.15) is 38.8 Å². The highest BCUT2D eigenvalue weighted by Gasteiger charge is 2.23. The summed E-state index contributed by atoms with van der Waals surface area (Å²) in [4.78, 5) is 22.7. The van der Waals surface area contributed by atoms with Crippen molar-refractivity contribution in [3.05, 3.63) is 33.5 Å². The zero-order valence-electron chi connectivity index (χ0n) is 15.5. The fraction of sp³-hybridized carbons (Fsp3) is 0.611. The number of aromatic nitrogens is 3. The zero-order chi connectivity index (χ0) is 18.0. The average molecular weight is 362 g/mol. The van der Waals surface area contributed by atoms with Crippen molar-refractivity contribution in [1.29, 1.82) is 0 Å². The molecule has 25 heavy (non-hydrogen) atoms. The van der Waals surface area contributed by atoms with E-state index in [9.17, 15) is 4.79 Å². The molecule has 1 fully saturated rings. The minimum absolute atomic E-state index is 0.0614. The fourth-order valence-corrected chi connectivity index (χ4v) is 4.45. The molecule has 0 radical (unpaired) electrons. The van der Waals surface area contributed by atoms with Crippen LogP contribution in [0.4, 0.5) is 0 Å². The van der Waals surface area contributed by atoms with E-state index >= 15 is 0 Å². The van der Waals surface area contributed by atoms with E-state index in [0.717, 1.165) is 44.0 Å². The first-order chi connectivity index (χ1) is 11.9. The van der Waals surface area contributed by atoms with Crippen molar-refractivity contribution in [1.82, 2.24) is 24.6 Å². The number of hydrogen-bond acceptors (Lipinski definition) is 5. The second kappa shape index (κ2) is 7.66. The number of aryl methyl sites for hydroxylation is 3. The Labute approximate surface area is 153 Å². The summed E-state index contributed by atoms with van der Waals surface area (Å²) >= 11 is 1.81. The van der Waals surface area contributed by atoms with Crippen LogP contribution >= 0.6 is 11.3 Å². The third kappa shape index (κ3) is 4.46. The molecule has 0 spiro atoms. The van der Waals surface area contributed by atoms with E-state index in [0.29, 0.717) is 11.5 Å². The van der Waals surface area contributed by atoms with Crippen LogP contribution in [0.3, 0.4) is 0 Å². The Balaban J connectivity index is 1.47. The molecule has 3 heterocycles. The van der Waals surface area contributed by atoms with Crippen LogP contribution in [0.25, 0.3) is 0 Å². The van der Waals surface area contributed by atoms with Gasteiger partial charge in [0.2, 0.25) is 0 Å². The van der Waals surface area contributed by atoms with Gasteiger partial charge in [-0.05, 0) is 45.7 Å². The van der Waals surface area contributed by atoms with Crippen LogP contribution in [0, 0.1) is 19.8 Å². The lowest BCUT2D eigenvalue weighted by atomic mass is 9.96. The predicted octanol–water partition coefficient (Wildman–Crippen LogP) is 2.48. The summed E-state index contributed by atoms with van der Waals surface area (Å²) in [6.07, 6.45) is 5.70. The summed E-state index contributed by atoms with van der Waals surface area (Å²) in [5.41, 5.74) is 1.84. The Kier molecular flexibility index (Phi) is 5.54. The standard InChI is InChI=1S/C18H27N5OS/c1-13-17(25-14(2)20-13)12-23-7-5-15(6-8-23)10-21(3)18(24)16-9-19-22(4)11-16/h9,11,15H,5-8,10,12H2,1-4H3. The summed E-state index contributed by atoms with van der Waals surface area (Å²) in [5, 5.41) is 5.23. The van der Waals surface area contributed by atoms with E-state index in [2.05, 4.69) is 28.8 Å². The lowest BCUT2D eigenvalue weighted by molar-refractivity contribution is 0.0737. The number of hydrogen-bond donors (Lipinski definition) is 0. The number of rotatable bonds is 5. The van der Waals surface area contributed by atoms with Gasteiger partial charge < -0.3 is 4.90 Å². The molecule has 0 aliphatic carbocycles. The molecule has 2 aromatic rings. The molecule has 0 N–H and O–H groups in total. The monoisotopic (exact) mass is 361 g/mol. The summed E-state index contributed by atoms with van der Waals surface area (Å²) < 4.78 is 1.67. The summed E-state index contributed by atoms with van der Waals surface area (Å²) in [6.45, 7) is 8.19. The van der Waals surface area contributed by atoms with Crippen molar-refractivity contribution in [3.8, 4) is 0 Å². The second-order valence-electron chi connectivity index (χ2n) is 7.05. The van der Waals surface area contributed by atoms with Crippen molar-refractivity contribution in [2.75, 3.05) is 26.7 Å². The lowest BCUT2D eigenvalue weighted by Gasteiger charge is -2.33. The number of thiazole rings is 1. The maximum absolute atomic E-state index is 12.4. The molecular formula is C18H27N5OS. The third-order valence-electron chi connectivity index (χ3n) is 4.90. The first kappa shape index (κ1) is 18.1. The molecule has 0 unspecified atom stereocenters. The van der Waals surface area contributed by atoms with Gasteiger partial charge >= 0.3 is 0 Å². The molecule has 7 heteroatoms. The van der Waals surface area contributed by atoms with Gasteiger partial charge in [-0.2, -0.15) is 5.10 Å². The number of likely N-dealkylation sites (tertiary alicyclic amines) is 1. The highest BCUT2D eigenvalue weighted by molar-refractivity contribution is 7.11. The predicted molar refractivity (Wildman–Crippen MR) is 99.8 cm³/mol. The van der Waals surface area contributed by atoms with E-state index < -0.39 is 0 Å². The molecule has 0 aromatic carbocycles. The summed E-state index contributed by atoms with van der Waals surface area (Å²) in [6, 6.07) is 0. The van der Waals surface area contributed by atoms with Crippen molar-refractivity contribution >= 4 is 17.2 Å². The van der Waals surface area contributed by atoms with Gasteiger partial charge in [-0.25, -0.2) is 4.98 Å². The van der Waals surface area contributed by atoms with Gasteiger partial charge in [0.15, 0.2) is 0 Å². The van der Waals surface area contributed by atoms with Gasteiger partial charge in [0, 0.05) is 38.3 Å². The van der Waals surface area contributed by atoms with Gasteiger partial charge in [0.25, 0.3) is 5.91 Å². The van der Waals surface area contributed by atoms with Crippen molar-refractivity contribution < 1.29 is 4.79 Å². The molecule has 0 saturated carbocycles. The van der Waals surface area contributed by atoms with Gasteiger partial charge in [0.05, 0.1) is 22.5 Å². The maximum atomic E-state index is 12.4. The molecule has 2 aromatic heterocycles. The topological polar surface area (TPSA) is 54.3 Å². The van der Waals surface area contributed by atoms with Crippen molar-refractivity contribution in [3.63, 3.8) is 0 Å². The van der Waals surface area contributed by atoms with Gasteiger partial charge in [-0.3, -0.25) is 14.4 Å².